The molecule has 1 aromatic carbocycles. The van der Waals surface area contributed by atoms with E-state index in [1.54, 1.807) is 10.7 Å². The first-order valence-corrected chi connectivity index (χ1v) is 9.19. The van der Waals surface area contributed by atoms with Crippen LogP contribution in [0.4, 0.5) is 10.5 Å². The predicted molar refractivity (Wildman–Crippen MR) is 100 cm³/mol. The Kier molecular flexibility index (Phi) is 3.45. The zero-order valence-corrected chi connectivity index (χ0v) is 14.7. The number of carbonyl (C=O) groups is 1. The first kappa shape index (κ1) is 15.4. The number of aromatic nitrogens is 3. The summed E-state index contributed by atoms with van der Waals surface area (Å²) in [5.74, 6) is 0. The summed E-state index contributed by atoms with van der Waals surface area (Å²) in [5.41, 5.74) is 4.81. The molecule has 132 valence electrons. The molecule has 0 saturated carbocycles. The van der Waals surface area contributed by atoms with Crippen LogP contribution in [0.5, 0.6) is 0 Å². The van der Waals surface area contributed by atoms with Crippen LogP contribution in [-0.4, -0.2) is 37.6 Å². The molecule has 5 rings (SSSR count). The topological polar surface area (TPSA) is 62.5 Å². The highest BCUT2D eigenvalue weighted by Gasteiger charge is 2.44. The Labute approximate surface area is 151 Å². The van der Waals surface area contributed by atoms with Crippen molar-refractivity contribution in [2.45, 2.75) is 44.7 Å². The Morgan fingerprint density at radius 3 is 2.88 bits per heavy atom. The first-order chi connectivity index (χ1) is 12.7. The van der Waals surface area contributed by atoms with Crippen molar-refractivity contribution < 1.29 is 4.79 Å². The van der Waals surface area contributed by atoms with Gasteiger partial charge in [-0.2, -0.15) is 5.10 Å². The van der Waals surface area contributed by atoms with E-state index in [-0.39, 0.29) is 6.03 Å². The summed E-state index contributed by atoms with van der Waals surface area (Å²) in [7, 11) is 0. The van der Waals surface area contributed by atoms with Crippen molar-refractivity contribution in [1.82, 2.24) is 19.5 Å². The van der Waals surface area contributed by atoms with Crippen molar-refractivity contribution in [2.24, 2.45) is 0 Å². The predicted octanol–water partition coefficient (Wildman–Crippen LogP) is 3.86. The monoisotopic (exact) mass is 347 g/mol. The highest BCUT2D eigenvalue weighted by Crippen LogP contribution is 2.38. The minimum Gasteiger partial charge on any atom is -0.318 e. The van der Waals surface area contributed by atoms with Crippen LogP contribution in [0.1, 0.15) is 31.2 Å². The number of amides is 2. The lowest BCUT2D eigenvalue weighted by atomic mass is 9.80. The molecular weight excluding hydrogens is 326 g/mol. The lowest BCUT2D eigenvalue weighted by Crippen LogP contribution is -2.62. The van der Waals surface area contributed by atoms with Gasteiger partial charge in [-0.3, -0.25) is 0 Å². The van der Waals surface area contributed by atoms with E-state index in [0.29, 0.717) is 12.1 Å². The van der Waals surface area contributed by atoms with Gasteiger partial charge in [0.05, 0.1) is 6.20 Å². The van der Waals surface area contributed by atoms with E-state index >= 15 is 0 Å². The maximum absolute atomic E-state index is 12.7. The molecule has 0 radical (unpaired) electrons. The van der Waals surface area contributed by atoms with Crippen molar-refractivity contribution in [1.29, 1.82) is 0 Å². The smallest absolute Gasteiger partial charge is 0.318 e. The molecule has 2 amide bonds. The zero-order chi connectivity index (χ0) is 17.7. The Bertz CT molecular complexity index is 981. The number of urea groups is 1. The lowest BCUT2D eigenvalue weighted by Gasteiger charge is -2.52. The van der Waals surface area contributed by atoms with Gasteiger partial charge >= 0.3 is 6.03 Å². The second-order valence-corrected chi connectivity index (χ2v) is 7.32. The molecule has 2 bridgehead atoms. The summed E-state index contributed by atoms with van der Waals surface area (Å²) in [5, 5.41) is 7.34. The molecule has 3 aromatic rings. The van der Waals surface area contributed by atoms with Crippen LogP contribution in [0.25, 0.3) is 16.8 Å². The molecule has 2 aliphatic heterocycles. The van der Waals surface area contributed by atoms with E-state index in [9.17, 15) is 4.79 Å². The number of nitrogens with zero attached hydrogens (tertiary/aromatic N) is 4. The average molecular weight is 347 g/mol. The Balaban J connectivity index is 1.42. The number of aryl methyl sites for hydroxylation is 1. The number of fused-ring (bicyclic) bond motifs is 3. The van der Waals surface area contributed by atoms with Crippen LogP contribution in [0.2, 0.25) is 0 Å². The first-order valence-electron chi connectivity index (χ1n) is 9.19. The molecule has 6 heteroatoms. The molecule has 6 nitrogen and oxygen atoms in total. The van der Waals surface area contributed by atoms with Crippen molar-refractivity contribution in [3.63, 3.8) is 0 Å². The largest absolute Gasteiger partial charge is 0.322 e. The number of hydrogen-bond acceptors (Lipinski definition) is 3. The van der Waals surface area contributed by atoms with E-state index in [4.69, 9.17) is 0 Å². The molecule has 2 aliphatic rings. The van der Waals surface area contributed by atoms with Gasteiger partial charge in [0.25, 0.3) is 0 Å². The van der Waals surface area contributed by atoms with Crippen LogP contribution >= 0.6 is 0 Å². The number of anilines is 1. The molecule has 2 unspecified atom stereocenters. The lowest BCUT2D eigenvalue weighted by molar-refractivity contribution is 0.0173. The fourth-order valence-electron chi connectivity index (χ4n) is 4.28. The molecular formula is C20H21N5O. The third kappa shape index (κ3) is 2.44. The standard InChI is InChI=1S/C20H21N5O/c1-13-5-6-15(23-20(26)25-16-3-2-4-17(25)10-16)9-18(13)14-11-21-19-7-8-22-24(19)12-14/h5-9,11-12,16-17H,2-4,10H2,1H3,(H,23,26). The summed E-state index contributed by atoms with van der Waals surface area (Å²) in [6.07, 6.45) is 10.2. The van der Waals surface area contributed by atoms with Crippen molar-refractivity contribution in [3.05, 3.63) is 48.4 Å². The van der Waals surface area contributed by atoms with Gasteiger partial charge < -0.3 is 10.2 Å². The van der Waals surface area contributed by atoms with Crippen molar-refractivity contribution >= 4 is 17.4 Å². The average Bonchev–Trinajstić information content (AvgIpc) is 3.11. The van der Waals surface area contributed by atoms with Gasteiger partial charge in [-0.05, 0) is 55.9 Å². The highest BCUT2D eigenvalue weighted by atomic mass is 16.2. The molecule has 0 aliphatic carbocycles. The molecule has 2 fully saturated rings. The molecule has 26 heavy (non-hydrogen) atoms. The number of benzene rings is 1. The number of hydrogen-bond donors (Lipinski definition) is 1. The van der Waals surface area contributed by atoms with E-state index in [2.05, 4.69) is 22.3 Å². The van der Waals surface area contributed by atoms with Crippen LogP contribution in [0, 0.1) is 6.92 Å². The Morgan fingerprint density at radius 2 is 2.08 bits per heavy atom. The van der Waals surface area contributed by atoms with E-state index < -0.39 is 0 Å². The van der Waals surface area contributed by atoms with Crippen LogP contribution in [0.3, 0.4) is 0 Å². The SMILES string of the molecule is Cc1ccc(NC(=O)N2C3CCCC2C3)cc1-c1cnc2ccnn2c1. The summed E-state index contributed by atoms with van der Waals surface area (Å²) in [4.78, 5) is 19.1. The quantitative estimate of drug-likeness (QED) is 0.765. The van der Waals surface area contributed by atoms with Crippen LogP contribution < -0.4 is 5.32 Å². The highest BCUT2D eigenvalue weighted by molar-refractivity contribution is 5.91. The van der Waals surface area contributed by atoms with Gasteiger partial charge in [0.15, 0.2) is 5.65 Å². The summed E-state index contributed by atoms with van der Waals surface area (Å²) in [6.45, 7) is 2.06. The molecule has 2 atom stereocenters. The maximum Gasteiger partial charge on any atom is 0.322 e. The number of carbonyl (C=O) groups excluding carboxylic acids is 1. The van der Waals surface area contributed by atoms with Gasteiger partial charge in [0, 0.05) is 41.8 Å². The van der Waals surface area contributed by atoms with Gasteiger partial charge in [-0.1, -0.05) is 6.07 Å². The van der Waals surface area contributed by atoms with Crippen LogP contribution in [-0.2, 0) is 0 Å². The van der Waals surface area contributed by atoms with E-state index in [1.165, 1.54) is 12.8 Å². The normalized spacial score (nSPS) is 21.5. The van der Waals surface area contributed by atoms with Gasteiger partial charge in [0.1, 0.15) is 0 Å². The molecule has 2 aromatic heterocycles. The van der Waals surface area contributed by atoms with Gasteiger partial charge in [0.2, 0.25) is 0 Å². The molecule has 2 saturated heterocycles. The summed E-state index contributed by atoms with van der Waals surface area (Å²) in [6, 6.07) is 8.80. The minimum atomic E-state index is 0.0291. The van der Waals surface area contributed by atoms with Crippen molar-refractivity contribution in [3.8, 4) is 11.1 Å². The fourth-order valence-corrected chi connectivity index (χ4v) is 4.28. The Hall–Kier alpha value is -2.89. The third-order valence-electron chi connectivity index (χ3n) is 5.69. The second-order valence-electron chi connectivity index (χ2n) is 7.32. The molecule has 0 spiro atoms. The minimum absolute atomic E-state index is 0.0291. The number of rotatable bonds is 2. The van der Waals surface area contributed by atoms with Gasteiger partial charge in [-0.25, -0.2) is 14.3 Å². The number of piperidine rings is 1. The summed E-state index contributed by atoms with van der Waals surface area (Å²) < 4.78 is 1.77. The van der Waals surface area contributed by atoms with Crippen LogP contribution in [0.15, 0.2) is 42.9 Å². The van der Waals surface area contributed by atoms with Crippen molar-refractivity contribution in [2.75, 3.05) is 5.32 Å². The molecule has 4 heterocycles. The molecule has 1 N–H and O–H groups in total. The Morgan fingerprint density at radius 1 is 1.23 bits per heavy atom. The summed E-state index contributed by atoms with van der Waals surface area (Å²) >= 11 is 0. The fraction of sp³-hybridized carbons (Fsp3) is 0.350. The number of nitrogens with one attached hydrogen (secondary N) is 1. The van der Waals surface area contributed by atoms with E-state index in [1.807, 2.05) is 41.6 Å². The zero-order valence-electron chi connectivity index (χ0n) is 14.7. The third-order valence-corrected chi connectivity index (χ3v) is 5.69. The van der Waals surface area contributed by atoms with E-state index in [0.717, 1.165) is 40.9 Å². The second kappa shape index (κ2) is 5.83. The maximum atomic E-state index is 12.7. The van der Waals surface area contributed by atoms with Gasteiger partial charge in [-0.15, -0.1) is 0 Å².